The molecule has 2 unspecified atom stereocenters. The van der Waals surface area contributed by atoms with Gasteiger partial charge in [-0.05, 0) is 35.7 Å². The summed E-state index contributed by atoms with van der Waals surface area (Å²) in [6, 6.07) is 16.9. The summed E-state index contributed by atoms with van der Waals surface area (Å²) < 4.78 is 0.430. The molecule has 2 aromatic heterocycles. The van der Waals surface area contributed by atoms with Gasteiger partial charge < -0.3 is 25.6 Å². The summed E-state index contributed by atoms with van der Waals surface area (Å²) in [5.41, 5.74) is 3.90. The van der Waals surface area contributed by atoms with Gasteiger partial charge in [-0.2, -0.15) is 0 Å². The average molecular weight is 467 g/mol. The highest BCUT2D eigenvalue weighted by molar-refractivity contribution is 7.16. The molecule has 0 aliphatic carbocycles. The van der Waals surface area contributed by atoms with Crippen LogP contribution in [0, 0.1) is 0 Å². The Bertz CT molecular complexity index is 1260. The summed E-state index contributed by atoms with van der Waals surface area (Å²) in [6.45, 7) is 1.86. The van der Waals surface area contributed by atoms with Gasteiger partial charge in [0.25, 0.3) is 0 Å². The highest BCUT2D eigenvalue weighted by atomic mass is 32.1. The lowest BCUT2D eigenvalue weighted by molar-refractivity contribution is -0.00168. The van der Waals surface area contributed by atoms with Gasteiger partial charge in [0, 0.05) is 31.4 Å². The van der Waals surface area contributed by atoms with E-state index >= 15 is 0 Å². The van der Waals surface area contributed by atoms with E-state index in [1.54, 1.807) is 6.20 Å². The second-order valence-electron chi connectivity index (χ2n) is 7.73. The van der Waals surface area contributed by atoms with Crippen molar-refractivity contribution in [2.75, 3.05) is 6.54 Å². The molecule has 0 spiro atoms. The summed E-state index contributed by atoms with van der Waals surface area (Å²) in [7, 11) is 0. The van der Waals surface area contributed by atoms with E-state index in [-0.39, 0.29) is 16.1 Å². The number of benzene rings is 2. The van der Waals surface area contributed by atoms with Crippen molar-refractivity contribution in [1.82, 2.24) is 20.6 Å². The van der Waals surface area contributed by atoms with E-state index in [2.05, 4.69) is 32.7 Å². The van der Waals surface area contributed by atoms with E-state index in [0.29, 0.717) is 29.8 Å². The van der Waals surface area contributed by atoms with E-state index in [0.717, 1.165) is 34.7 Å². The van der Waals surface area contributed by atoms with Crippen LogP contribution in [-0.2, 0) is 19.5 Å². The molecule has 0 aliphatic heterocycles. The lowest BCUT2D eigenvalue weighted by atomic mass is 10.1. The maximum atomic E-state index is 11.7. The number of phenols is 1. The van der Waals surface area contributed by atoms with Gasteiger partial charge in [-0.3, -0.25) is 15.1 Å². The summed E-state index contributed by atoms with van der Waals surface area (Å²) in [5, 5.41) is 37.3. The number of rotatable bonds is 10. The van der Waals surface area contributed by atoms with Crippen molar-refractivity contribution in [2.24, 2.45) is 0 Å². The quantitative estimate of drug-likeness (QED) is 0.198. The van der Waals surface area contributed by atoms with Gasteiger partial charge >= 0.3 is 4.87 Å². The minimum atomic E-state index is -1.25. The summed E-state index contributed by atoms with van der Waals surface area (Å²) in [5.74, 6) is -0.0730. The van der Waals surface area contributed by atoms with Crippen molar-refractivity contribution in [3.63, 3.8) is 0 Å². The lowest BCUT2D eigenvalue weighted by Crippen LogP contribution is -2.36. The van der Waals surface area contributed by atoms with Gasteiger partial charge in [0.1, 0.15) is 23.6 Å². The first-order chi connectivity index (χ1) is 16.0. The second-order valence-corrected chi connectivity index (χ2v) is 8.71. The molecule has 0 aliphatic rings. The molecule has 9 heteroatoms. The van der Waals surface area contributed by atoms with Gasteiger partial charge in [-0.1, -0.05) is 47.7 Å². The van der Waals surface area contributed by atoms with Crippen molar-refractivity contribution in [1.29, 1.82) is 0 Å². The molecular formula is C24H26N4O4S. The van der Waals surface area contributed by atoms with E-state index in [1.807, 2.05) is 30.3 Å². The number of aliphatic hydroxyl groups excluding tert-OH is 2. The molecule has 0 fully saturated rings. The van der Waals surface area contributed by atoms with Gasteiger partial charge in [0.2, 0.25) is 0 Å². The minimum Gasteiger partial charge on any atom is -0.506 e. The molecule has 6 N–H and O–H groups in total. The molecular weight excluding hydrogens is 440 g/mol. The fourth-order valence-electron chi connectivity index (χ4n) is 3.65. The van der Waals surface area contributed by atoms with Crippen LogP contribution in [0.4, 0.5) is 0 Å². The van der Waals surface area contributed by atoms with E-state index in [4.69, 9.17) is 0 Å². The average Bonchev–Trinajstić information content (AvgIpc) is 3.22. The van der Waals surface area contributed by atoms with Crippen LogP contribution in [0.15, 0.2) is 65.6 Å². The Hall–Kier alpha value is -3.08. The number of H-pyrrole nitrogens is 1. The lowest BCUT2D eigenvalue weighted by Gasteiger charge is -2.20. The van der Waals surface area contributed by atoms with Gasteiger partial charge in [-0.25, -0.2) is 0 Å². The molecule has 0 saturated carbocycles. The monoisotopic (exact) mass is 466 g/mol. The number of aromatic amines is 1. The van der Waals surface area contributed by atoms with Crippen LogP contribution in [-0.4, -0.2) is 38.1 Å². The van der Waals surface area contributed by atoms with Crippen LogP contribution >= 0.6 is 11.3 Å². The zero-order chi connectivity index (χ0) is 23.2. The fraction of sp³-hybridized carbons (Fsp3) is 0.250. The maximum Gasteiger partial charge on any atom is 0.305 e. The normalized spacial score (nSPS) is 13.3. The zero-order valence-corrected chi connectivity index (χ0v) is 18.7. The van der Waals surface area contributed by atoms with E-state index in [1.165, 1.54) is 12.1 Å². The van der Waals surface area contributed by atoms with E-state index < -0.39 is 12.3 Å². The van der Waals surface area contributed by atoms with Crippen molar-refractivity contribution >= 4 is 21.6 Å². The van der Waals surface area contributed by atoms with Crippen LogP contribution < -0.4 is 15.5 Å². The van der Waals surface area contributed by atoms with Crippen LogP contribution in [0.2, 0.25) is 0 Å². The Morgan fingerprint density at radius 2 is 1.88 bits per heavy atom. The fourth-order valence-corrected chi connectivity index (χ4v) is 4.55. The van der Waals surface area contributed by atoms with E-state index in [9.17, 15) is 20.1 Å². The third-order valence-corrected chi connectivity index (χ3v) is 6.26. The standard InChI is InChI=1S/C24H26N4O4S/c29-19-8-7-18(22-20(19)28-24(32)33-22)21(30)23(31)27-11-9-15-4-3-5-16(12-15)13-25-14-17-6-1-2-10-26-17/h1-8,10,12,21,23,25,27,29-31H,9,11,13-14H2,(H,28,32). The van der Waals surface area contributed by atoms with Crippen LogP contribution in [0.25, 0.3) is 10.2 Å². The topological polar surface area (TPSA) is 130 Å². The molecule has 2 heterocycles. The largest absolute Gasteiger partial charge is 0.506 e. The van der Waals surface area contributed by atoms with Gasteiger partial charge in [-0.15, -0.1) is 0 Å². The number of hydrogen-bond donors (Lipinski definition) is 6. The maximum absolute atomic E-state index is 11.7. The number of phenolic OH excluding ortho intramolecular Hbond substituents is 1. The number of thiazole rings is 1. The molecule has 0 radical (unpaired) electrons. The number of nitrogens with one attached hydrogen (secondary N) is 3. The second kappa shape index (κ2) is 10.7. The molecule has 172 valence electrons. The predicted molar refractivity (Wildman–Crippen MR) is 128 cm³/mol. The van der Waals surface area contributed by atoms with Crippen LogP contribution in [0.3, 0.4) is 0 Å². The number of pyridine rings is 1. The number of fused-ring (bicyclic) bond motifs is 1. The molecule has 2 aromatic carbocycles. The summed E-state index contributed by atoms with van der Waals surface area (Å²) >= 11 is 0.886. The number of aromatic hydroxyl groups is 1. The van der Waals surface area contributed by atoms with Crippen molar-refractivity contribution in [3.8, 4) is 5.75 Å². The molecule has 33 heavy (non-hydrogen) atoms. The molecule has 2 atom stereocenters. The van der Waals surface area contributed by atoms with Crippen molar-refractivity contribution < 1.29 is 15.3 Å². The Labute approximate surface area is 194 Å². The Morgan fingerprint density at radius 3 is 2.70 bits per heavy atom. The summed E-state index contributed by atoms with van der Waals surface area (Å²) in [6.07, 6.45) is -0.0274. The number of aliphatic hydroxyl groups is 2. The molecule has 0 bridgehead atoms. The first-order valence-electron chi connectivity index (χ1n) is 10.6. The first-order valence-corrected chi connectivity index (χ1v) is 11.5. The molecule has 0 saturated heterocycles. The molecule has 8 nitrogen and oxygen atoms in total. The van der Waals surface area contributed by atoms with Gasteiger partial charge in [0.15, 0.2) is 0 Å². The van der Waals surface area contributed by atoms with Crippen LogP contribution in [0.1, 0.15) is 28.5 Å². The Kier molecular flexibility index (Phi) is 7.48. The minimum absolute atomic E-state index is 0.0730. The number of aromatic nitrogens is 2. The molecule has 4 aromatic rings. The Balaban J connectivity index is 1.30. The predicted octanol–water partition coefficient (Wildman–Crippen LogP) is 2.16. The number of hydrogen-bond acceptors (Lipinski definition) is 8. The molecule has 0 amide bonds. The van der Waals surface area contributed by atoms with Crippen molar-refractivity contribution in [2.45, 2.75) is 31.8 Å². The number of nitrogens with zero attached hydrogens (tertiary/aromatic N) is 1. The van der Waals surface area contributed by atoms with Crippen molar-refractivity contribution in [3.05, 3.63) is 92.8 Å². The SMILES string of the molecule is O=c1[nH]c2c(O)ccc(C(O)C(O)NCCc3cccc(CNCc4ccccn4)c3)c2s1. The third kappa shape index (κ3) is 5.84. The van der Waals surface area contributed by atoms with Crippen LogP contribution in [0.5, 0.6) is 5.75 Å². The summed E-state index contributed by atoms with van der Waals surface area (Å²) in [4.78, 5) is 18.2. The highest BCUT2D eigenvalue weighted by Crippen LogP contribution is 2.32. The smallest absolute Gasteiger partial charge is 0.305 e. The van der Waals surface area contributed by atoms with Gasteiger partial charge in [0.05, 0.1) is 10.4 Å². The molecule has 4 rings (SSSR count). The zero-order valence-electron chi connectivity index (χ0n) is 17.9. The third-order valence-electron chi connectivity index (χ3n) is 5.33. The highest BCUT2D eigenvalue weighted by Gasteiger charge is 2.22. The first kappa shape index (κ1) is 23.1. The Morgan fingerprint density at radius 1 is 1.03 bits per heavy atom.